The van der Waals surface area contributed by atoms with E-state index in [1.165, 1.54) is 0 Å². The van der Waals surface area contributed by atoms with Gasteiger partial charge in [0.2, 0.25) is 0 Å². The van der Waals surface area contributed by atoms with Gasteiger partial charge >= 0.3 is 0 Å². The smallest absolute Gasteiger partial charge is 0.141 e. The molecule has 2 heteroatoms. The summed E-state index contributed by atoms with van der Waals surface area (Å²) in [6, 6.07) is 0. The highest BCUT2D eigenvalue weighted by atomic mass is 16.5. The van der Waals surface area contributed by atoms with Gasteiger partial charge in [0, 0.05) is 11.8 Å². The van der Waals surface area contributed by atoms with Crippen LogP contribution >= 0.6 is 0 Å². The summed E-state index contributed by atoms with van der Waals surface area (Å²) in [6.07, 6.45) is 1.40. The van der Waals surface area contributed by atoms with Crippen LogP contribution < -0.4 is 0 Å². The quantitative estimate of drug-likeness (QED) is 0.699. The van der Waals surface area contributed by atoms with Gasteiger partial charge in [-0.2, -0.15) is 0 Å². The normalized spacial score (nSPS) is 15.1. The topological polar surface area (TPSA) is 26.3 Å². The zero-order chi connectivity index (χ0) is 12.3. The van der Waals surface area contributed by atoms with Crippen LogP contribution in [0.4, 0.5) is 0 Å². The fraction of sp³-hybridized carbons (Fsp3) is 0.923. The van der Waals surface area contributed by atoms with Crippen molar-refractivity contribution in [3.05, 3.63) is 0 Å². The summed E-state index contributed by atoms with van der Waals surface area (Å²) in [5.41, 5.74) is -0.383. The van der Waals surface area contributed by atoms with Crippen LogP contribution in [0.25, 0.3) is 0 Å². The third-order valence-corrected chi connectivity index (χ3v) is 2.67. The Bertz CT molecular complexity index is 211. The molecule has 0 amide bonds. The summed E-state index contributed by atoms with van der Waals surface area (Å²) in [5.74, 6) is 0.293. The van der Waals surface area contributed by atoms with E-state index in [2.05, 4.69) is 0 Å². The number of rotatable bonds is 5. The molecule has 0 aromatic rings. The first-order valence-electron chi connectivity index (χ1n) is 5.79. The Labute approximate surface area is 94.4 Å². The number of carbonyl (C=O) groups excluding carboxylic acids is 1. The molecule has 0 fully saturated rings. The van der Waals surface area contributed by atoms with Crippen molar-refractivity contribution in [3.8, 4) is 0 Å². The molecule has 0 saturated carbocycles. The van der Waals surface area contributed by atoms with Crippen LogP contribution in [0.1, 0.15) is 61.3 Å². The van der Waals surface area contributed by atoms with Crippen molar-refractivity contribution >= 4 is 5.78 Å². The van der Waals surface area contributed by atoms with Gasteiger partial charge in [-0.1, -0.05) is 20.8 Å². The minimum Gasteiger partial charge on any atom is -0.372 e. The second kappa shape index (κ2) is 5.11. The largest absolute Gasteiger partial charge is 0.372 e. The summed E-state index contributed by atoms with van der Waals surface area (Å²) < 4.78 is 5.73. The maximum Gasteiger partial charge on any atom is 0.141 e. The molecule has 15 heavy (non-hydrogen) atoms. The molecule has 0 radical (unpaired) electrons. The van der Waals surface area contributed by atoms with E-state index in [1.54, 1.807) is 0 Å². The molecule has 0 aliphatic carbocycles. The minimum atomic E-state index is -0.213. The zero-order valence-electron chi connectivity index (χ0n) is 11.3. The molecule has 1 atom stereocenters. The Kier molecular flexibility index (Phi) is 4.98. The number of ether oxygens (including phenoxy) is 1. The van der Waals surface area contributed by atoms with E-state index < -0.39 is 0 Å². The SMILES string of the molecule is CCC(C)(C)C(=O)CC(C)OC(C)(C)C. The number of hydrogen-bond acceptors (Lipinski definition) is 2. The molecule has 2 nitrogen and oxygen atoms in total. The molecule has 0 saturated heterocycles. The lowest BCUT2D eigenvalue weighted by Crippen LogP contribution is -2.31. The molecule has 0 aliphatic heterocycles. The van der Waals surface area contributed by atoms with Crippen molar-refractivity contribution in [3.63, 3.8) is 0 Å². The van der Waals surface area contributed by atoms with Crippen LogP contribution in [0.2, 0.25) is 0 Å². The first-order chi connectivity index (χ1) is 6.58. The lowest BCUT2D eigenvalue weighted by molar-refractivity contribution is -0.132. The molecule has 0 rings (SSSR count). The average molecular weight is 214 g/mol. The van der Waals surface area contributed by atoms with Crippen LogP contribution in [0, 0.1) is 5.41 Å². The van der Waals surface area contributed by atoms with Gasteiger partial charge in [0.05, 0.1) is 11.7 Å². The molecule has 0 heterocycles. The van der Waals surface area contributed by atoms with Gasteiger partial charge in [-0.05, 0) is 34.1 Å². The molecule has 1 unspecified atom stereocenters. The summed E-state index contributed by atoms with van der Waals surface area (Å²) in [5, 5.41) is 0. The third kappa shape index (κ3) is 5.93. The summed E-state index contributed by atoms with van der Waals surface area (Å²) >= 11 is 0. The lowest BCUT2D eigenvalue weighted by Gasteiger charge is -2.27. The summed E-state index contributed by atoms with van der Waals surface area (Å²) in [4.78, 5) is 11.9. The van der Waals surface area contributed by atoms with Gasteiger partial charge in [0.15, 0.2) is 0 Å². The highest BCUT2D eigenvalue weighted by Crippen LogP contribution is 2.24. The van der Waals surface area contributed by atoms with E-state index in [0.29, 0.717) is 12.2 Å². The molecule has 0 N–H and O–H groups in total. The second-order valence-electron chi connectivity index (χ2n) is 5.91. The van der Waals surface area contributed by atoms with Gasteiger partial charge in [0.25, 0.3) is 0 Å². The molecular weight excluding hydrogens is 188 g/mol. The van der Waals surface area contributed by atoms with Crippen LogP contribution in [-0.2, 0) is 9.53 Å². The molecule has 0 aromatic carbocycles. The monoisotopic (exact) mass is 214 g/mol. The van der Waals surface area contributed by atoms with E-state index in [-0.39, 0.29) is 17.1 Å². The van der Waals surface area contributed by atoms with E-state index in [1.807, 2.05) is 48.5 Å². The number of hydrogen-bond donors (Lipinski definition) is 0. The summed E-state index contributed by atoms with van der Waals surface area (Å²) in [6.45, 7) is 14.1. The molecule has 0 aromatic heterocycles. The van der Waals surface area contributed by atoms with Crippen molar-refractivity contribution in [2.75, 3.05) is 0 Å². The van der Waals surface area contributed by atoms with E-state index in [9.17, 15) is 4.79 Å². The first-order valence-corrected chi connectivity index (χ1v) is 5.79. The molecular formula is C13H26O2. The van der Waals surface area contributed by atoms with Crippen molar-refractivity contribution in [2.45, 2.75) is 73.0 Å². The third-order valence-electron chi connectivity index (χ3n) is 2.67. The fourth-order valence-corrected chi connectivity index (χ4v) is 1.38. The predicted octanol–water partition coefficient (Wildman–Crippen LogP) is 3.59. The van der Waals surface area contributed by atoms with Gasteiger partial charge in [-0.15, -0.1) is 0 Å². The molecule has 0 aliphatic rings. The predicted molar refractivity (Wildman–Crippen MR) is 64.0 cm³/mol. The maximum absolute atomic E-state index is 11.9. The van der Waals surface area contributed by atoms with E-state index in [4.69, 9.17) is 4.74 Å². The highest BCUT2D eigenvalue weighted by Gasteiger charge is 2.27. The maximum atomic E-state index is 11.9. The summed E-state index contributed by atoms with van der Waals surface area (Å²) in [7, 11) is 0. The van der Waals surface area contributed by atoms with Crippen LogP contribution in [0.5, 0.6) is 0 Å². The van der Waals surface area contributed by atoms with Crippen LogP contribution in [0.3, 0.4) is 0 Å². The van der Waals surface area contributed by atoms with Gasteiger partial charge in [0.1, 0.15) is 5.78 Å². The Morgan fingerprint density at radius 3 is 2.00 bits per heavy atom. The van der Waals surface area contributed by atoms with Crippen LogP contribution in [0.15, 0.2) is 0 Å². The Morgan fingerprint density at radius 2 is 1.67 bits per heavy atom. The Hall–Kier alpha value is -0.370. The van der Waals surface area contributed by atoms with Gasteiger partial charge < -0.3 is 4.74 Å². The zero-order valence-corrected chi connectivity index (χ0v) is 11.3. The number of ketones is 1. The van der Waals surface area contributed by atoms with Crippen molar-refractivity contribution < 1.29 is 9.53 Å². The molecule has 0 spiro atoms. The number of carbonyl (C=O) groups is 1. The average Bonchev–Trinajstić information content (AvgIpc) is 2.00. The fourth-order valence-electron chi connectivity index (χ4n) is 1.38. The van der Waals surface area contributed by atoms with E-state index in [0.717, 1.165) is 6.42 Å². The van der Waals surface area contributed by atoms with Crippen molar-refractivity contribution in [2.24, 2.45) is 5.41 Å². The Balaban J connectivity index is 4.20. The van der Waals surface area contributed by atoms with Crippen LogP contribution in [-0.4, -0.2) is 17.5 Å². The van der Waals surface area contributed by atoms with Gasteiger partial charge in [-0.25, -0.2) is 0 Å². The van der Waals surface area contributed by atoms with Gasteiger partial charge in [-0.3, -0.25) is 4.79 Å². The molecule has 90 valence electrons. The van der Waals surface area contributed by atoms with E-state index >= 15 is 0 Å². The molecule has 0 bridgehead atoms. The van der Waals surface area contributed by atoms with Crippen molar-refractivity contribution in [1.82, 2.24) is 0 Å². The minimum absolute atomic E-state index is 0.00308. The highest BCUT2D eigenvalue weighted by molar-refractivity contribution is 5.84. The lowest BCUT2D eigenvalue weighted by atomic mass is 9.83. The van der Waals surface area contributed by atoms with Crippen molar-refractivity contribution in [1.29, 1.82) is 0 Å². The Morgan fingerprint density at radius 1 is 1.20 bits per heavy atom. The standard InChI is InChI=1S/C13H26O2/c1-8-13(6,7)11(14)9-10(2)15-12(3,4)5/h10H,8-9H2,1-7H3. The number of Topliss-reactive ketones (excluding diaryl/α,β-unsaturated/α-hetero) is 1. The first kappa shape index (κ1) is 14.6. The second-order valence-corrected chi connectivity index (χ2v) is 5.91.